The fourth-order valence-electron chi connectivity index (χ4n) is 1.73. The number of nitrogens with one attached hydrogen (secondary N) is 2. The van der Waals surface area contributed by atoms with Crippen molar-refractivity contribution < 1.29 is 9.53 Å². The maximum absolute atomic E-state index is 11.9. The molecule has 21 heavy (non-hydrogen) atoms. The second-order valence-corrected chi connectivity index (χ2v) is 5.79. The highest BCUT2D eigenvalue weighted by molar-refractivity contribution is 6.42. The molecule has 0 aliphatic rings. The van der Waals surface area contributed by atoms with Crippen LogP contribution >= 0.6 is 35.6 Å². The maximum Gasteiger partial charge on any atom is 0.234 e. The molecule has 2 N–H and O–H groups in total. The van der Waals surface area contributed by atoms with Crippen LogP contribution in [-0.4, -0.2) is 32.7 Å². The Morgan fingerprint density at radius 2 is 1.95 bits per heavy atom. The lowest BCUT2D eigenvalue weighted by molar-refractivity contribution is -0.121. The van der Waals surface area contributed by atoms with Crippen LogP contribution in [0.4, 0.5) is 0 Å². The van der Waals surface area contributed by atoms with Gasteiger partial charge in [-0.2, -0.15) is 0 Å². The summed E-state index contributed by atoms with van der Waals surface area (Å²) in [6, 6.07) is 5.35. The summed E-state index contributed by atoms with van der Waals surface area (Å²) in [5, 5.41) is 6.92. The highest BCUT2D eigenvalue weighted by atomic mass is 35.5. The van der Waals surface area contributed by atoms with Crippen molar-refractivity contribution in [3.8, 4) is 0 Å². The van der Waals surface area contributed by atoms with Gasteiger partial charge in [0.2, 0.25) is 5.91 Å². The number of halogens is 3. The molecule has 1 aromatic carbocycles. The predicted octanol–water partition coefficient (Wildman–Crippen LogP) is 3.00. The third-order valence-electron chi connectivity index (χ3n) is 2.86. The average molecular weight is 356 g/mol. The Labute approximate surface area is 141 Å². The summed E-state index contributed by atoms with van der Waals surface area (Å²) in [6.45, 7) is 5.29. The minimum absolute atomic E-state index is 0. The van der Waals surface area contributed by atoms with E-state index in [0.717, 1.165) is 5.56 Å². The summed E-state index contributed by atoms with van der Waals surface area (Å²) in [6.07, 6.45) is 0. The Bertz CT molecular complexity index is 468. The molecule has 0 heterocycles. The van der Waals surface area contributed by atoms with Gasteiger partial charge in [-0.05, 0) is 31.5 Å². The number of ether oxygens (including phenoxy) is 1. The first-order chi connectivity index (χ1) is 9.36. The summed E-state index contributed by atoms with van der Waals surface area (Å²) in [7, 11) is 1.62. The molecule has 0 aliphatic heterocycles. The minimum Gasteiger partial charge on any atom is -0.383 e. The van der Waals surface area contributed by atoms with Crippen molar-refractivity contribution in [3.05, 3.63) is 33.8 Å². The Balaban J connectivity index is 0.00000400. The second-order valence-electron chi connectivity index (χ2n) is 4.97. The van der Waals surface area contributed by atoms with Gasteiger partial charge in [-0.1, -0.05) is 29.3 Å². The number of carbonyl (C=O) groups excluding carboxylic acids is 1. The molecule has 1 aromatic rings. The largest absolute Gasteiger partial charge is 0.383 e. The van der Waals surface area contributed by atoms with E-state index in [4.69, 9.17) is 27.9 Å². The van der Waals surface area contributed by atoms with Crippen molar-refractivity contribution in [2.45, 2.75) is 19.4 Å². The molecule has 0 saturated carbocycles. The van der Waals surface area contributed by atoms with Gasteiger partial charge in [0.25, 0.3) is 0 Å². The van der Waals surface area contributed by atoms with E-state index in [0.29, 0.717) is 23.2 Å². The van der Waals surface area contributed by atoms with E-state index in [-0.39, 0.29) is 24.9 Å². The molecule has 0 saturated heterocycles. The fourth-order valence-corrected chi connectivity index (χ4v) is 2.02. The molecule has 0 fully saturated rings. The molecule has 1 rings (SSSR count). The summed E-state index contributed by atoms with van der Waals surface area (Å²) < 4.78 is 4.90. The minimum atomic E-state index is -0.520. The highest BCUT2D eigenvalue weighted by Gasteiger charge is 2.23. The number of amides is 1. The molecule has 0 atom stereocenters. The second kappa shape index (κ2) is 9.49. The van der Waals surface area contributed by atoms with Crippen LogP contribution in [0.3, 0.4) is 0 Å². The van der Waals surface area contributed by atoms with Gasteiger partial charge in [-0.25, -0.2) is 0 Å². The lowest BCUT2D eigenvalue weighted by Crippen LogP contribution is -2.45. The Kier molecular flexibility index (Phi) is 9.25. The van der Waals surface area contributed by atoms with Crippen LogP contribution in [0, 0.1) is 0 Å². The van der Waals surface area contributed by atoms with Gasteiger partial charge < -0.3 is 15.4 Å². The molecule has 0 bridgehead atoms. The molecule has 0 unspecified atom stereocenters. The van der Waals surface area contributed by atoms with Gasteiger partial charge in [0.05, 0.1) is 28.7 Å². The topological polar surface area (TPSA) is 50.4 Å². The number of hydrogen-bond acceptors (Lipinski definition) is 3. The average Bonchev–Trinajstić information content (AvgIpc) is 2.37. The first-order valence-electron chi connectivity index (χ1n) is 6.33. The monoisotopic (exact) mass is 354 g/mol. The van der Waals surface area contributed by atoms with Crippen molar-refractivity contribution in [2.24, 2.45) is 0 Å². The van der Waals surface area contributed by atoms with E-state index in [1.807, 2.05) is 19.9 Å². The Morgan fingerprint density at radius 3 is 2.52 bits per heavy atom. The van der Waals surface area contributed by atoms with E-state index in [2.05, 4.69) is 10.6 Å². The quantitative estimate of drug-likeness (QED) is 0.739. The molecular formula is C14H21Cl3N2O2. The molecular weight excluding hydrogens is 335 g/mol. The van der Waals surface area contributed by atoms with Crippen LogP contribution in [0.15, 0.2) is 18.2 Å². The van der Waals surface area contributed by atoms with Crippen LogP contribution in [0.1, 0.15) is 19.4 Å². The fraction of sp³-hybridized carbons (Fsp3) is 0.500. The molecule has 0 aliphatic carbocycles. The van der Waals surface area contributed by atoms with Crippen molar-refractivity contribution in [1.82, 2.24) is 10.6 Å². The molecule has 1 amide bonds. The zero-order valence-electron chi connectivity index (χ0n) is 12.3. The van der Waals surface area contributed by atoms with E-state index >= 15 is 0 Å². The first-order valence-corrected chi connectivity index (χ1v) is 7.08. The zero-order chi connectivity index (χ0) is 15.2. The van der Waals surface area contributed by atoms with Crippen molar-refractivity contribution in [1.29, 1.82) is 0 Å². The highest BCUT2D eigenvalue weighted by Crippen LogP contribution is 2.28. The smallest absolute Gasteiger partial charge is 0.234 e. The van der Waals surface area contributed by atoms with Crippen LogP contribution in [0.2, 0.25) is 10.0 Å². The standard InChI is InChI=1S/C14H20Cl2N2O2.ClH/c1-14(2,10-4-5-11(15)12(16)8-10)18-13(19)9-17-6-7-20-3;/h4-5,8,17H,6-7,9H2,1-3H3,(H,18,19);1H. The van der Waals surface area contributed by atoms with E-state index in [1.54, 1.807) is 19.2 Å². The zero-order valence-corrected chi connectivity index (χ0v) is 14.7. The SMILES string of the molecule is COCCNCC(=O)NC(C)(C)c1ccc(Cl)c(Cl)c1.Cl. The molecule has 0 aromatic heterocycles. The van der Waals surface area contributed by atoms with Gasteiger partial charge in [0.1, 0.15) is 0 Å². The lowest BCUT2D eigenvalue weighted by atomic mass is 9.94. The van der Waals surface area contributed by atoms with Crippen LogP contribution in [0.25, 0.3) is 0 Å². The van der Waals surface area contributed by atoms with E-state index < -0.39 is 5.54 Å². The molecule has 120 valence electrons. The number of carbonyl (C=O) groups is 1. The van der Waals surface area contributed by atoms with Crippen LogP contribution in [0.5, 0.6) is 0 Å². The van der Waals surface area contributed by atoms with Crippen molar-refractivity contribution in [2.75, 3.05) is 26.8 Å². The Hall–Kier alpha value is -0.520. The maximum atomic E-state index is 11.9. The summed E-state index contributed by atoms with van der Waals surface area (Å²) in [4.78, 5) is 11.9. The van der Waals surface area contributed by atoms with Crippen molar-refractivity contribution in [3.63, 3.8) is 0 Å². The van der Waals surface area contributed by atoms with Gasteiger partial charge in [-0.3, -0.25) is 4.79 Å². The summed E-state index contributed by atoms with van der Waals surface area (Å²) in [5.74, 6) is -0.0859. The normalized spacial score (nSPS) is 10.9. The number of rotatable bonds is 7. The van der Waals surface area contributed by atoms with Crippen molar-refractivity contribution >= 4 is 41.5 Å². The molecule has 4 nitrogen and oxygen atoms in total. The van der Waals surface area contributed by atoms with E-state index in [9.17, 15) is 4.79 Å². The molecule has 0 spiro atoms. The number of hydrogen-bond donors (Lipinski definition) is 2. The summed E-state index contributed by atoms with van der Waals surface area (Å²) in [5.41, 5.74) is 0.381. The predicted molar refractivity (Wildman–Crippen MR) is 89.6 cm³/mol. The molecule has 0 radical (unpaired) electrons. The van der Waals surface area contributed by atoms with E-state index in [1.165, 1.54) is 0 Å². The van der Waals surface area contributed by atoms with Gasteiger partial charge in [0.15, 0.2) is 0 Å². The first kappa shape index (κ1) is 20.5. The van der Waals surface area contributed by atoms with Crippen LogP contribution < -0.4 is 10.6 Å². The third-order valence-corrected chi connectivity index (χ3v) is 3.60. The van der Waals surface area contributed by atoms with Crippen LogP contribution in [-0.2, 0) is 15.1 Å². The number of benzene rings is 1. The van der Waals surface area contributed by atoms with Gasteiger partial charge in [-0.15, -0.1) is 12.4 Å². The summed E-state index contributed by atoms with van der Waals surface area (Å²) >= 11 is 11.9. The van der Waals surface area contributed by atoms with Gasteiger partial charge in [0, 0.05) is 13.7 Å². The molecule has 7 heteroatoms. The van der Waals surface area contributed by atoms with Gasteiger partial charge >= 0.3 is 0 Å². The third kappa shape index (κ3) is 6.85. The Morgan fingerprint density at radius 1 is 1.29 bits per heavy atom. The lowest BCUT2D eigenvalue weighted by Gasteiger charge is -2.27. The number of methoxy groups -OCH3 is 1.